The van der Waals surface area contributed by atoms with Crippen LogP contribution in [0.3, 0.4) is 0 Å². The van der Waals surface area contributed by atoms with Gasteiger partial charge in [-0.2, -0.15) is 0 Å². The molecule has 0 saturated carbocycles. The first-order chi connectivity index (χ1) is 6.63. The van der Waals surface area contributed by atoms with Gasteiger partial charge in [0.1, 0.15) is 6.61 Å². The topological polar surface area (TPSA) is 38.7 Å². The van der Waals surface area contributed by atoms with Crippen LogP contribution in [-0.4, -0.2) is 24.9 Å². The second-order valence-electron chi connectivity index (χ2n) is 3.31. The number of aliphatic hydroxyl groups is 1. The van der Waals surface area contributed by atoms with Crippen molar-refractivity contribution in [2.45, 2.75) is 20.0 Å². The van der Waals surface area contributed by atoms with E-state index in [0.29, 0.717) is 11.5 Å². The van der Waals surface area contributed by atoms with Crippen LogP contribution in [0.2, 0.25) is 0 Å². The summed E-state index contributed by atoms with van der Waals surface area (Å²) < 4.78 is 10.5. The second-order valence-corrected chi connectivity index (χ2v) is 3.31. The van der Waals surface area contributed by atoms with Gasteiger partial charge < -0.3 is 14.6 Å². The summed E-state index contributed by atoms with van der Waals surface area (Å²) in [7, 11) is 1.60. The predicted molar refractivity (Wildman–Crippen MR) is 54.9 cm³/mol. The summed E-state index contributed by atoms with van der Waals surface area (Å²) in [6.07, 6.45) is -0.471. The van der Waals surface area contributed by atoms with Gasteiger partial charge in [-0.25, -0.2) is 0 Å². The molecular formula is C11H16O3. The highest BCUT2D eigenvalue weighted by molar-refractivity contribution is 5.42. The summed E-state index contributed by atoms with van der Waals surface area (Å²) in [4.78, 5) is 0. The summed E-state index contributed by atoms with van der Waals surface area (Å²) in [5.41, 5.74) is 1.12. The molecule has 0 radical (unpaired) electrons. The van der Waals surface area contributed by atoms with Crippen molar-refractivity contribution in [3.63, 3.8) is 0 Å². The molecule has 1 N–H and O–H groups in total. The van der Waals surface area contributed by atoms with Crippen LogP contribution in [0.1, 0.15) is 12.5 Å². The van der Waals surface area contributed by atoms with Crippen molar-refractivity contribution in [2.24, 2.45) is 0 Å². The lowest BCUT2D eigenvalue weighted by Gasteiger charge is -2.12. The molecule has 0 amide bonds. The fraction of sp³-hybridized carbons (Fsp3) is 0.455. The highest BCUT2D eigenvalue weighted by Crippen LogP contribution is 2.27. The number of benzene rings is 1. The van der Waals surface area contributed by atoms with Crippen LogP contribution in [-0.2, 0) is 0 Å². The lowest BCUT2D eigenvalue weighted by atomic mass is 10.2. The molecule has 0 heterocycles. The van der Waals surface area contributed by atoms with E-state index < -0.39 is 6.10 Å². The normalized spacial score (nSPS) is 12.3. The molecule has 0 aliphatic rings. The third kappa shape index (κ3) is 2.92. The molecule has 1 rings (SSSR count). The van der Waals surface area contributed by atoms with Crippen LogP contribution in [0, 0.1) is 6.92 Å². The Balaban J connectivity index is 2.75. The van der Waals surface area contributed by atoms with E-state index >= 15 is 0 Å². The van der Waals surface area contributed by atoms with Crippen molar-refractivity contribution in [1.29, 1.82) is 0 Å². The molecule has 0 aliphatic heterocycles. The molecule has 0 aliphatic carbocycles. The third-order valence-electron chi connectivity index (χ3n) is 1.80. The highest BCUT2D eigenvalue weighted by Gasteiger charge is 2.05. The number of rotatable bonds is 4. The zero-order valence-electron chi connectivity index (χ0n) is 8.78. The van der Waals surface area contributed by atoms with Gasteiger partial charge in [0.2, 0.25) is 0 Å². The van der Waals surface area contributed by atoms with Gasteiger partial charge in [0.05, 0.1) is 13.2 Å². The van der Waals surface area contributed by atoms with Crippen LogP contribution >= 0.6 is 0 Å². The maximum atomic E-state index is 9.07. The van der Waals surface area contributed by atoms with Gasteiger partial charge in [0, 0.05) is 0 Å². The fourth-order valence-corrected chi connectivity index (χ4v) is 1.10. The molecule has 1 aromatic rings. The molecule has 0 bridgehead atoms. The van der Waals surface area contributed by atoms with E-state index in [0.717, 1.165) is 5.56 Å². The Labute approximate surface area is 84.3 Å². The van der Waals surface area contributed by atoms with Crippen LogP contribution in [0.15, 0.2) is 18.2 Å². The van der Waals surface area contributed by atoms with Gasteiger partial charge in [-0.15, -0.1) is 0 Å². The van der Waals surface area contributed by atoms with Crippen molar-refractivity contribution in [2.75, 3.05) is 13.7 Å². The summed E-state index contributed by atoms with van der Waals surface area (Å²) in [6.45, 7) is 3.95. The summed E-state index contributed by atoms with van der Waals surface area (Å²) in [5, 5.41) is 9.07. The minimum absolute atomic E-state index is 0.277. The second kappa shape index (κ2) is 4.86. The van der Waals surface area contributed by atoms with Crippen LogP contribution in [0.4, 0.5) is 0 Å². The molecule has 3 nitrogen and oxygen atoms in total. The average molecular weight is 196 g/mol. The fourth-order valence-electron chi connectivity index (χ4n) is 1.10. The van der Waals surface area contributed by atoms with E-state index in [9.17, 15) is 0 Å². The van der Waals surface area contributed by atoms with E-state index in [-0.39, 0.29) is 6.61 Å². The maximum Gasteiger partial charge on any atom is 0.161 e. The van der Waals surface area contributed by atoms with Gasteiger partial charge in [-0.1, -0.05) is 6.07 Å². The standard InChI is InChI=1S/C11H16O3/c1-8-4-5-10(11(6-8)13-3)14-7-9(2)12/h4-6,9,12H,7H2,1-3H3/t9-/m1/s1. The smallest absolute Gasteiger partial charge is 0.161 e. The van der Waals surface area contributed by atoms with E-state index in [1.807, 2.05) is 25.1 Å². The lowest BCUT2D eigenvalue weighted by molar-refractivity contribution is 0.120. The average Bonchev–Trinajstić information content (AvgIpc) is 2.15. The van der Waals surface area contributed by atoms with Crippen LogP contribution in [0.5, 0.6) is 11.5 Å². The van der Waals surface area contributed by atoms with Crippen molar-refractivity contribution in [3.05, 3.63) is 23.8 Å². The Morgan fingerprint density at radius 3 is 2.64 bits per heavy atom. The Kier molecular flexibility index (Phi) is 3.77. The monoisotopic (exact) mass is 196 g/mol. The number of aryl methyl sites for hydroxylation is 1. The molecule has 0 saturated heterocycles. The SMILES string of the molecule is COc1cc(C)ccc1OC[C@@H](C)O. The van der Waals surface area contributed by atoms with Crippen molar-refractivity contribution in [1.82, 2.24) is 0 Å². The first kappa shape index (κ1) is 10.9. The molecule has 1 aromatic carbocycles. The number of hydrogen-bond acceptors (Lipinski definition) is 3. The van der Waals surface area contributed by atoms with E-state index in [2.05, 4.69) is 0 Å². The number of methoxy groups -OCH3 is 1. The minimum atomic E-state index is -0.471. The van der Waals surface area contributed by atoms with Crippen LogP contribution in [0.25, 0.3) is 0 Å². The third-order valence-corrected chi connectivity index (χ3v) is 1.80. The van der Waals surface area contributed by atoms with Gasteiger partial charge >= 0.3 is 0 Å². The molecule has 0 spiro atoms. The Morgan fingerprint density at radius 2 is 2.07 bits per heavy atom. The highest BCUT2D eigenvalue weighted by atomic mass is 16.5. The van der Waals surface area contributed by atoms with Crippen LogP contribution < -0.4 is 9.47 Å². The van der Waals surface area contributed by atoms with Gasteiger partial charge in [0.25, 0.3) is 0 Å². The molecule has 0 unspecified atom stereocenters. The molecule has 78 valence electrons. The summed E-state index contributed by atoms with van der Waals surface area (Å²) >= 11 is 0. The quantitative estimate of drug-likeness (QED) is 0.797. The molecule has 14 heavy (non-hydrogen) atoms. The van der Waals surface area contributed by atoms with Gasteiger partial charge in [0.15, 0.2) is 11.5 Å². The van der Waals surface area contributed by atoms with Crippen molar-refractivity contribution < 1.29 is 14.6 Å². The zero-order valence-corrected chi connectivity index (χ0v) is 8.78. The Bertz CT molecular complexity index is 295. The largest absolute Gasteiger partial charge is 0.493 e. The minimum Gasteiger partial charge on any atom is -0.493 e. The molecule has 1 atom stereocenters. The van der Waals surface area contributed by atoms with E-state index in [1.54, 1.807) is 14.0 Å². The lowest BCUT2D eigenvalue weighted by Crippen LogP contribution is -2.13. The van der Waals surface area contributed by atoms with E-state index in [4.69, 9.17) is 14.6 Å². The Morgan fingerprint density at radius 1 is 1.36 bits per heavy atom. The number of aliphatic hydroxyl groups excluding tert-OH is 1. The zero-order chi connectivity index (χ0) is 10.6. The van der Waals surface area contributed by atoms with Crippen molar-refractivity contribution >= 4 is 0 Å². The molecular weight excluding hydrogens is 180 g/mol. The summed E-state index contributed by atoms with van der Waals surface area (Å²) in [5.74, 6) is 1.37. The first-order valence-corrected chi connectivity index (χ1v) is 4.59. The number of hydrogen-bond donors (Lipinski definition) is 1. The summed E-state index contributed by atoms with van der Waals surface area (Å²) in [6, 6.07) is 5.69. The maximum absolute atomic E-state index is 9.07. The van der Waals surface area contributed by atoms with Gasteiger partial charge in [-0.3, -0.25) is 0 Å². The first-order valence-electron chi connectivity index (χ1n) is 4.59. The van der Waals surface area contributed by atoms with E-state index in [1.165, 1.54) is 0 Å². The molecule has 0 fully saturated rings. The molecule has 0 aromatic heterocycles. The van der Waals surface area contributed by atoms with Crippen molar-refractivity contribution in [3.8, 4) is 11.5 Å². The Hall–Kier alpha value is -1.22. The van der Waals surface area contributed by atoms with Gasteiger partial charge in [-0.05, 0) is 31.5 Å². The molecule has 3 heteroatoms. The predicted octanol–water partition coefficient (Wildman–Crippen LogP) is 1.76. The number of ether oxygens (including phenoxy) is 2.